The molecule has 1 saturated heterocycles. The number of nitrogens with one attached hydrogen (secondary N) is 1. The second-order valence-electron chi connectivity index (χ2n) is 5.74. The lowest BCUT2D eigenvalue weighted by atomic mass is 10.0. The van der Waals surface area contributed by atoms with Crippen molar-refractivity contribution >= 4 is 5.91 Å². The third-order valence-electron chi connectivity index (χ3n) is 4.03. The van der Waals surface area contributed by atoms with Crippen LogP contribution in [-0.2, 0) is 11.3 Å². The average molecular weight is 291 g/mol. The Morgan fingerprint density at radius 1 is 1.38 bits per heavy atom. The highest BCUT2D eigenvalue weighted by molar-refractivity contribution is 5.73. The van der Waals surface area contributed by atoms with E-state index >= 15 is 0 Å². The van der Waals surface area contributed by atoms with Gasteiger partial charge in [-0.2, -0.15) is 0 Å². The number of hydrogen-bond donors (Lipinski definition) is 3. The molecule has 1 atom stereocenters. The quantitative estimate of drug-likeness (QED) is 0.749. The number of hydrogen-bond acceptors (Lipinski definition) is 4. The molecule has 1 aliphatic rings. The van der Waals surface area contributed by atoms with Crippen LogP contribution in [0.3, 0.4) is 0 Å². The maximum absolute atomic E-state index is 11.0. The fourth-order valence-corrected chi connectivity index (χ4v) is 2.77. The first-order chi connectivity index (χ1) is 10.1. The van der Waals surface area contributed by atoms with Crippen LogP contribution in [0.15, 0.2) is 24.3 Å². The maximum atomic E-state index is 11.0. The van der Waals surface area contributed by atoms with Gasteiger partial charge in [-0.15, -0.1) is 0 Å². The average Bonchev–Trinajstić information content (AvgIpc) is 2.49. The first kappa shape index (κ1) is 15.9. The molecule has 21 heavy (non-hydrogen) atoms. The van der Waals surface area contributed by atoms with Crippen LogP contribution >= 0.6 is 0 Å². The lowest BCUT2D eigenvalue weighted by Crippen LogP contribution is -2.45. The summed E-state index contributed by atoms with van der Waals surface area (Å²) in [5, 5.41) is 13.3. The molecule has 1 aliphatic heterocycles. The lowest BCUT2D eigenvalue weighted by molar-refractivity contribution is -0.120. The lowest BCUT2D eigenvalue weighted by Gasteiger charge is -2.33. The zero-order valence-corrected chi connectivity index (χ0v) is 12.6. The Balaban J connectivity index is 1.80. The number of aliphatic hydroxyl groups excluding tert-OH is 1. The summed E-state index contributed by atoms with van der Waals surface area (Å²) in [5.74, 6) is 0.0356. The van der Waals surface area contributed by atoms with E-state index in [1.807, 2.05) is 24.3 Å². The van der Waals surface area contributed by atoms with Crippen molar-refractivity contribution in [2.75, 3.05) is 19.6 Å². The Bertz CT molecular complexity index is 453. The van der Waals surface area contributed by atoms with Crippen LogP contribution in [0, 0.1) is 0 Å². The van der Waals surface area contributed by atoms with Gasteiger partial charge in [-0.3, -0.25) is 4.79 Å². The minimum Gasteiger partial charge on any atom is -0.387 e. The van der Waals surface area contributed by atoms with E-state index in [1.54, 1.807) is 6.92 Å². The van der Waals surface area contributed by atoms with Crippen LogP contribution in [0.4, 0.5) is 0 Å². The SMILES string of the molecule is CC(=O)NC1CCN(CC(O)c2ccc(CN)cc2)CC1. The molecular formula is C16H25N3O2. The van der Waals surface area contributed by atoms with Crippen molar-refractivity contribution in [2.24, 2.45) is 5.73 Å². The van der Waals surface area contributed by atoms with Gasteiger partial charge in [0.25, 0.3) is 0 Å². The van der Waals surface area contributed by atoms with Gasteiger partial charge < -0.3 is 21.1 Å². The summed E-state index contributed by atoms with van der Waals surface area (Å²) in [4.78, 5) is 13.3. The number of amides is 1. The summed E-state index contributed by atoms with van der Waals surface area (Å²) in [7, 11) is 0. The number of aliphatic hydroxyl groups is 1. The first-order valence-corrected chi connectivity index (χ1v) is 7.55. The van der Waals surface area contributed by atoms with Gasteiger partial charge >= 0.3 is 0 Å². The van der Waals surface area contributed by atoms with Gasteiger partial charge in [0.2, 0.25) is 5.91 Å². The molecule has 0 aromatic heterocycles. The molecule has 0 radical (unpaired) electrons. The van der Waals surface area contributed by atoms with Gasteiger partial charge in [0.15, 0.2) is 0 Å². The monoisotopic (exact) mass is 291 g/mol. The molecule has 4 N–H and O–H groups in total. The first-order valence-electron chi connectivity index (χ1n) is 7.55. The van der Waals surface area contributed by atoms with Gasteiger partial charge in [0, 0.05) is 39.1 Å². The molecule has 1 fully saturated rings. The fourth-order valence-electron chi connectivity index (χ4n) is 2.77. The predicted molar refractivity (Wildman–Crippen MR) is 82.6 cm³/mol. The van der Waals surface area contributed by atoms with Crippen molar-refractivity contribution < 1.29 is 9.90 Å². The van der Waals surface area contributed by atoms with E-state index in [-0.39, 0.29) is 11.9 Å². The number of nitrogens with two attached hydrogens (primary N) is 1. The fraction of sp³-hybridized carbons (Fsp3) is 0.562. The molecule has 1 aromatic carbocycles. The molecular weight excluding hydrogens is 266 g/mol. The summed E-state index contributed by atoms with van der Waals surface area (Å²) in [6.07, 6.45) is 1.41. The Morgan fingerprint density at radius 2 is 2.00 bits per heavy atom. The second kappa shape index (κ2) is 7.54. The number of rotatable bonds is 5. The van der Waals surface area contributed by atoms with E-state index in [4.69, 9.17) is 5.73 Å². The van der Waals surface area contributed by atoms with E-state index in [0.717, 1.165) is 37.1 Å². The third-order valence-corrected chi connectivity index (χ3v) is 4.03. The third kappa shape index (κ3) is 4.81. The zero-order valence-electron chi connectivity index (χ0n) is 12.6. The van der Waals surface area contributed by atoms with E-state index in [2.05, 4.69) is 10.2 Å². The predicted octanol–water partition coefficient (Wildman–Crippen LogP) is 0.779. The largest absolute Gasteiger partial charge is 0.387 e. The molecule has 1 aromatic rings. The van der Waals surface area contributed by atoms with E-state index in [9.17, 15) is 9.90 Å². The van der Waals surface area contributed by atoms with Crippen molar-refractivity contribution in [1.29, 1.82) is 0 Å². The number of carbonyl (C=O) groups is 1. The molecule has 1 unspecified atom stereocenters. The van der Waals surface area contributed by atoms with Crippen molar-refractivity contribution in [2.45, 2.75) is 38.5 Å². The van der Waals surface area contributed by atoms with E-state index < -0.39 is 6.10 Å². The topological polar surface area (TPSA) is 78.6 Å². The molecule has 2 rings (SSSR count). The minimum atomic E-state index is -0.478. The molecule has 0 aliphatic carbocycles. The van der Waals surface area contributed by atoms with Crippen LogP contribution in [-0.4, -0.2) is 41.6 Å². The summed E-state index contributed by atoms with van der Waals surface area (Å²) in [5.41, 5.74) is 7.57. The van der Waals surface area contributed by atoms with Gasteiger partial charge in [-0.05, 0) is 24.0 Å². The van der Waals surface area contributed by atoms with Crippen LogP contribution < -0.4 is 11.1 Å². The molecule has 0 bridgehead atoms. The molecule has 5 heteroatoms. The normalized spacial score (nSPS) is 18.4. The molecule has 0 spiro atoms. The summed E-state index contributed by atoms with van der Waals surface area (Å²) in [6, 6.07) is 8.08. The van der Waals surface area contributed by atoms with Crippen LogP contribution in [0.2, 0.25) is 0 Å². The number of β-amino-alcohol motifs (C(OH)–C–C–N with tert-alkyl or cyclic N) is 1. The van der Waals surface area contributed by atoms with Gasteiger partial charge in [-0.1, -0.05) is 24.3 Å². The molecule has 5 nitrogen and oxygen atoms in total. The Hall–Kier alpha value is -1.43. The molecule has 1 amide bonds. The molecule has 0 saturated carbocycles. The van der Waals surface area contributed by atoms with Crippen LogP contribution in [0.25, 0.3) is 0 Å². The van der Waals surface area contributed by atoms with Crippen molar-refractivity contribution in [3.05, 3.63) is 35.4 Å². The number of nitrogens with zero attached hydrogens (tertiary/aromatic N) is 1. The zero-order chi connectivity index (χ0) is 15.2. The Labute approximate surface area is 126 Å². The Kier molecular flexibility index (Phi) is 5.73. The molecule has 116 valence electrons. The van der Waals surface area contributed by atoms with Crippen LogP contribution in [0.1, 0.15) is 37.0 Å². The Morgan fingerprint density at radius 3 is 2.52 bits per heavy atom. The summed E-state index contributed by atoms with van der Waals surface area (Å²) >= 11 is 0. The highest BCUT2D eigenvalue weighted by atomic mass is 16.3. The highest BCUT2D eigenvalue weighted by Crippen LogP contribution is 2.18. The summed E-state index contributed by atoms with van der Waals surface area (Å²) < 4.78 is 0. The van der Waals surface area contributed by atoms with Gasteiger partial charge in [0.05, 0.1) is 6.10 Å². The number of likely N-dealkylation sites (tertiary alicyclic amines) is 1. The minimum absolute atomic E-state index is 0.0356. The highest BCUT2D eigenvalue weighted by Gasteiger charge is 2.21. The number of benzene rings is 1. The van der Waals surface area contributed by atoms with E-state index in [1.165, 1.54) is 0 Å². The standard InChI is InChI=1S/C16H25N3O2/c1-12(20)18-15-6-8-19(9-7-15)11-16(21)14-4-2-13(10-17)3-5-14/h2-5,15-16,21H,6-11,17H2,1H3,(H,18,20). The second-order valence-corrected chi connectivity index (χ2v) is 5.74. The van der Waals surface area contributed by atoms with Gasteiger partial charge in [0.1, 0.15) is 0 Å². The van der Waals surface area contributed by atoms with Crippen molar-refractivity contribution in [1.82, 2.24) is 10.2 Å². The number of carbonyl (C=O) groups excluding carboxylic acids is 1. The van der Waals surface area contributed by atoms with Crippen molar-refractivity contribution in [3.8, 4) is 0 Å². The van der Waals surface area contributed by atoms with Gasteiger partial charge in [-0.25, -0.2) is 0 Å². The molecule has 1 heterocycles. The van der Waals surface area contributed by atoms with E-state index in [0.29, 0.717) is 13.1 Å². The van der Waals surface area contributed by atoms with Crippen LogP contribution in [0.5, 0.6) is 0 Å². The smallest absolute Gasteiger partial charge is 0.217 e. The van der Waals surface area contributed by atoms with Crippen molar-refractivity contribution in [3.63, 3.8) is 0 Å². The summed E-state index contributed by atoms with van der Waals surface area (Å²) in [6.45, 7) is 4.52. The number of piperidine rings is 1. The maximum Gasteiger partial charge on any atom is 0.217 e.